The average molecular weight is 236 g/mol. The van der Waals surface area contributed by atoms with Gasteiger partial charge in [-0.05, 0) is 37.8 Å². The van der Waals surface area contributed by atoms with Gasteiger partial charge in [0, 0.05) is 12.3 Å². The minimum absolute atomic E-state index is 0.430. The maximum Gasteiger partial charge on any atom is 0.194 e. The van der Waals surface area contributed by atoms with Gasteiger partial charge in [-0.1, -0.05) is 20.8 Å². The van der Waals surface area contributed by atoms with Crippen LogP contribution in [0.25, 0.3) is 0 Å². The van der Waals surface area contributed by atoms with E-state index in [4.69, 9.17) is 4.42 Å². The third kappa shape index (κ3) is 3.32. The lowest BCUT2D eigenvalue weighted by Gasteiger charge is -2.00. The predicted molar refractivity (Wildman–Crippen MR) is 69.1 cm³/mol. The van der Waals surface area contributed by atoms with E-state index >= 15 is 0 Å². The molecule has 0 bridgehead atoms. The zero-order valence-electron chi connectivity index (χ0n) is 11.3. The Morgan fingerprint density at radius 1 is 1.47 bits per heavy atom. The van der Waals surface area contributed by atoms with Crippen molar-refractivity contribution in [1.29, 1.82) is 0 Å². The van der Waals surface area contributed by atoms with E-state index in [0.29, 0.717) is 11.3 Å². The molecule has 96 valence electrons. The summed E-state index contributed by atoms with van der Waals surface area (Å²) < 4.78 is 5.81. The van der Waals surface area contributed by atoms with Gasteiger partial charge in [-0.15, -0.1) is 0 Å². The van der Waals surface area contributed by atoms with E-state index in [1.807, 2.05) is 6.20 Å². The fraction of sp³-hybridized carbons (Fsp3) is 0.786. The van der Waals surface area contributed by atoms with Crippen LogP contribution in [0.3, 0.4) is 0 Å². The first-order chi connectivity index (χ1) is 8.13. The first-order valence-electron chi connectivity index (χ1n) is 6.79. The molecule has 1 N–H and O–H groups in total. The van der Waals surface area contributed by atoms with E-state index in [1.54, 1.807) is 0 Å². The van der Waals surface area contributed by atoms with Crippen molar-refractivity contribution in [2.75, 3.05) is 13.1 Å². The van der Waals surface area contributed by atoms with Crippen LogP contribution in [-0.4, -0.2) is 18.1 Å². The molecule has 2 rings (SSSR count). The first kappa shape index (κ1) is 12.6. The van der Waals surface area contributed by atoms with Crippen molar-refractivity contribution in [3.05, 3.63) is 17.8 Å². The number of hydrogen-bond acceptors (Lipinski definition) is 3. The monoisotopic (exact) mass is 236 g/mol. The normalized spacial score (nSPS) is 21.7. The van der Waals surface area contributed by atoms with Crippen LogP contribution in [-0.2, 0) is 6.42 Å². The summed E-state index contributed by atoms with van der Waals surface area (Å²) in [5.74, 6) is 2.59. The van der Waals surface area contributed by atoms with Gasteiger partial charge in [0.1, 0.15) is 5.76 Å². The van der Waals surface area contributed by atoms with Crippen LogP contribution in [0, 0.1) is 5.41 Å². The molecular weight excluding hydrogens is 212 g/mol. The Morgan fingerprint density at radius 3 is 2.88 bits per heavy atom. The van der Waals surface area contributed by atoms with Crippen molar-refractivity contribution in [3.63, 3.8) is 0 Å². The summed E-state index contributed by atoms with van der Waals surface area (Å²) in [6.45, 7) is 8.92. The Kier molecular flexibility index (Phi) is 3.87. The van der Waals surface area contributed by atoms with E-state index in [0.717, 1.165) is 37.6 Å². The molecule has 1 heterocycles. The lowest BCUT2D eigenvalue weighted by atomic mass is 10.1. The second-order valence-corrected chi connectivity index (χ2v) is 5.76. The molecule has 1 aliphatic rings. The van der Waals surface area contributed by atoms with E-state index in [1.165, 1.54) is 12.8 Å². The third-order valence-electron chi connectivity index (χ3n) is 3.60. The zero-order chi connectivity index (χ0) is 12.3. The van der Waals surface area contributed by atoms with Crippen LogP contribution in [0.1, 0.15) is 57.6 Å². The van der Waals surface area contributed by atoms with Gasteiger partial charge in [0.05, 0.1) is 6.20 Å². The highest BCUT2D eigenvalue weighted by Gasteiger charge is 2.48. The molecule has 0 amide bonds. The maximum atomic E-state index is 5.81. The first-order valence-corrected chi connectivity index (χ1v) is 6.79. The largest absolute Gasteiger partial charge is 0.445 e. The van der Waals surface area contributed by atoms with Crippen LogP contribution in [0.5, 0.6) is 0 Å². The molecule has 0 saturated heterocycles. The van der Waals surface area contributed by atoms with Gasteiger partial charge in [0.15, 0.2) is 5.89 Å². The number of nitrogens with one attached hydrogen (secondary N) is 1. The molecule has 3 nitrogen and oxygen atoms in total. The third-order valence-corrected chi connectivity index (χ3v) is 3.60. The quantitative estimate of drug-likeness (QED) is 0.739. The van der Waals surface area contributed by atoms with Gasteiger partial charge in [0.25, 0.3) is 0 Å². The van der Waals surface area contributed by atoms with Crippen molar-refractivity contribution in [2.24, 2.45) is 5.41 Å². The summed E-state index contributed by atoms with van der Waals surface area (Å²) >= 11 is 0. The van der Waals surface area contributed by atoms with Gasteiger partial charge < -0.3 is 9.73 Å². The van der Waals surface area contributed by atoms with E-state index in [-0.39, 0.29) is 0 Å². The summed E-state index contributed by atoms with van der Waals surface area (Å²) in [5, 5.41) is 3.39. The lowest BCUT2D eigenvalue weighted by molar-refractivity contribution is 0.432. The maximum absolute atomic E-state index is 5.81. The van der Waals surface area contributed by atoms with Crippen LogP contribution >= 0.6 is 0 Å². The Hall–Kier alpha value is -0.830. The Balaban J connectivity index is 1.72. The lowest BCUT2D eigenvalue weighted by Crippen LogP contribution is -2.16. The molecule has 0 spiro atoms. The van der Waals surface area contributed by atoms with Crippen molar-refractivity contribution >= 4 is 0 Å². The molecule has 1 aromatic rings. The molecule has 1 aromatic heterocycles. The minimum Gasteiger partial charge on any atom is -0.445 e. The van der Waals surface area contributed by atoms with Gasteiger partial charge in [0.2, 0.25) is 0 Å². The highest BCUT2D eigenvalue weighted by molar-refractivity contribution is 5.17. The fourth-order valence-corrected chi connectivity index (χ4v) is 2.22. The second kappa shape index (κ2) is 5.21. The standard InChI is InChI=1S/C14H24N2O/c1-4-7-15-8-5-6-13-16-10-12(17-13)11-9-14(11,2)3/h10-11,15H,4-9H2,1-3H3. The topological polar surface area (TPSA) is 38.1 Å². The molecule has 0 radical (unpaired) electrons. The van der Waals surface area contributed by atoms with Gasteiger partial charge >= 0.3 is 0 Å². The SMILES string of the molecule is CCCNCCCc1ncc(C2CC2(C)C)o1. The summed E-state index contributed by atoms with van der Waals surface area (Å²) in [4.78, 5) is 4.37. The van der Waals surface area contributed by atoms with Crippen LogP contribution < -0.4 is 5.32 Å². The minimum atomic E-state index is 0.430. The molecule has 1 aliphatic carbocycles. The van der Waals surface area contributed by atoms with Crippen LogP contribution in [0.4, 0.5) is 0 Å². The van der Waals surface area contributed by atoms with Gasteiger partial charge in [-0.2, -0.15) is 0 Å². The zero-order valence-corrected chi connectivity index (χ0v) is 11.3. The number of oxazole rings is 1. The number of nitrogens with zero attached hydrogens (tertiary/aromatic N) is 1. The van der Waals surface area contributed by atoms with Crippen molar-refractivity contribution < 1.29 is 4.42 Å². The van der Waals surface area contributed by atoms with Gasteiger partial charge in [-0.3, -0.25) is 0 Å². The van der Waals surface area contributed by atoms with Crippen molar-refractivity contribution in [2.45, 2.75) is 52.4 Å². The second-order valence-electron chi connectivity index (χ2n) is 5.76. The molecule has 1 saturated carbocycles. The van der Waals surface area contributed by atoms with Gasteiger partial charge in [-0.25, -0.2) is 4.98 Å². The summed E-state index contributed by atoms with van der Waals surface area (Å²) in [6.07, 6.45) is 6.41. The Bertz CT molecular complexity index is 357. The number of rotatable bonds is 7. The summed E-state index contributed by atoms with van der Waals surface area (Å²) in [6, 6.07) is 0. The molecule has 1 fully saturated rings. The highest BCUT2D eigenvalue weighted by Crippen LogP contribution is 2.58. The molecule has 17 heavy (non-hydrogen) atoms. The molecule has 1 atom stereocenters. The molecule has 1 unspecified atom stereocenters. The summed E-state index contributed by atoms with van der Waals surface area (Å²) in [5.41, 5.74) is 0.430. The number of aryl methyl sites for hydroxylation is 1. The molecule has 0 aliphatic heterocycles. The molecule has 0 aromatic carbocycles. The van der Waals surface area contributed by atoms with Crippen molar-refractivity contribution in [3.8, 4) is 0 Å². The Morgan fingerprint density at radius 2 is 2.24 bits per heavy atom. The summed E-state index contributed by atoms with van der Waals surface area (Å²) in [7, 11) is 0. The van der Waals surface area contributed by atoms with Crippen molar-refractivity contribution in [1.82, 2.24) is 10.3 Å². The fourth-order valence-electron chi connectivity index (χ4n) is 2.22. The smallest absolute Gasteiger partial charge is 0.194 e. The molecule has 3 heteroatoms. The average Bonchev–Trinajstić information content (AvgIpc) is 2.75. The Labute approximate surface area is 104 Å². The highest BCUT2D eigenvalue weighted by atomic mass is 16.4. The number of aromatic nitrogens is 1. The number of hydrogen-bond donors (Lipinski definition) is 1. The van der Waals surface area contributed by atoms with E-state index in [2.05, 4.69) is 31.1 Å². The van der Waals surface area contributed by atoms with E-state index in [9.17, 15) is 0 Å². The molecular formula is C14H24N2O. The van der Waals surface area contributed by atoms with Crippen LogP contribution in [0.15, 0.2) is 10.6 Å². The van der Waals surface area contributed by atoms with Crippen LogP contribution in [0.2, 0.25) is 0 Å². The predicted octanol–water partition coefficient (Wildman–Crippen LogP) is 3.12. The van der Waals surface area contributed by atoms with E-state index < -0.39 is 0 Å².